The van der Waals surface area contributed by atoms with Crippen LogP contribution in [0.5, 0.6) is 5.95 Å². The van der Waals surface area contributed by atoms with Crippen LogP contribution < -0.4 is 10.2 Å². The zero-order valence-corrected chi connectivity index (χ0v) is 14.7. The molecule has 0 N–H and O–H groups in total. The van der Waals surface area contributed by atoms with Crippen molar-refractivity contribution < 1.29 is 9.15 Å². The molecule has 0 radical (unpaired) electrons. The number of unbranched alkanes of at least 4 members (excludes halogenated alkanes) is 2. The van der Waals surface area contributed by atoms with Gasteiger partial charge in [-0.2, -0.15) is 0 Å². The topological polar surface area (TPSA) is 39.4 Å². The molecule has 0 aliphatic heterocycles. The molecule has 0 spiro atoms. The first-order chi connectivity index (χ1) is 10.2. The average molecular weight is 400 g/mol. The zero-order chi connectivity index (χ0) is 15.2. The van der Waals surface area contributed by atoms with Crippen molar-refractivity contribution in [3.63, 3.8) is 0 Å². The molecule has 3 nitrogen and oxygen atoms in total. The predicted molar refractivity (Wildman–Crippen MR) is 94.2 cm³/mol. The standard InChI is InChI=1S/C17H21IO3/c1-3-5-6-10-20-17-13(7-4-2)16(19)14-11-12(18)8-9-15(14)21-17/h8-9,11H,3-7,10H2,1-2H3. The summed E-state index contributed by atoms with van der Waals surface area (Å²) in [5, 5.41) is 0.645. The third-order valence-corrected chi connectivity index (χ3v) is 4.06. The van der Waals surface area contributed by atoms with Crippen molar-refractivity contribution in [2.24, 2.45) is 0 Å². The SMILES string of the molecule is CCCCCOc1oc2ccc(I)cc2c(=O)c1CCC. The Balaban J connectivity index is 2.40. The van der Waals surface area contributed by atoms with Gasteiger partial charge in [-0.15, -0.1) is 0 Å². The van der Waals surface area contributed by atoms with Gasteiger partial charge < -0.3 is 9.15 Å². The summed E-state index contributed by atoms with van der Waals surface area (Å²) in [5.41, 5.74) is 1.32. The maximum atomic E-state index is 12.6. The molecule has 2 aromatic rings. The highest BCUT2D eigenvalue weighted by molar-refractivity contribution is 14.1. The Morgan fingerprint density at radius 2 is 2.00 bits per heavy atom. The molecule has 2 rings (SSSR count). The van der Waals surface area contributed by atoms with Crippen molar-refractivity contribution in [2.75, 3.05) is 6.61 Å². The minimum Gasteiger partial charge on any atom is -0.465 e. The van der Waals surface area contributed by atoms with Gasteiger partial charge in [0, 0.05) is 3.57 Å². The monoisotopic (exact) mass is 400 g/mol. The van der Waals surface area contributed by atoms with Crippen LogP contribution in [0.25, 0.3) is 11.0 Å². The van der Waals surface area contributed by atoms with Crippen molar-refractivity contribution in [3.8, 4) is 5.95 Å². The molecular weight excluding hydrogens is 379 g/mol. The summed E-state index contributed by atoms with van der Waals surface area (Å²) in [5.74, 6) is 0.409. The molecule has 0 aliphatic carbocycles. The van der Waals surface area contributed by atoms with Crippen LogP contribution in [0.3, 0.4) is 0 Å². The number of hydrogen-bond acceptors (Lipinski definition) is 3. The van der Waals surface area contributed by atoms with Crippen LogP contribution in [0.15, 0.2) is 27.4 Å². The molecule has 21 heavy (non-hydrogen) atoms. The Hall–Kier alpha value is -1.04. The van der Waals surface area contributed by atoms with Crippen LogP contribution in [0.1, 0.15) is 45.1 Å². The molecule has 0 amide bonds. The van der Waals surface area contributed by atoms with Crippen molar-refractivity contribution >= 4 is 33.6 Å². The number of benzene rings is 1. The fourth-order valence-electron chi connectivity index (χ4n) is 2.28. The Labute approximate surface area is 138 Å². The van der Waals surface area contributed by atoms with Gasteiger partial charge in [-0.25, -0.2) is 0 Å². The van der Waals surface area contributed by atoms with Gasteiger partial charge in [-0.05, 0) is 53.6 Å². The van der Waals surface area contributed by atoms with Crippen molar-refractivity contribution in [3.05, 3.63) is 37.6 Å². The Morgan fingerprint density at radius 3 is 2.71 bits per heavy atom. The molecule has 0 aliphatic rings. The van der Waals surface area contributed by atoms with E-state index in [2.05, 4.69) is 36.4 Å². The second-order valence-electron chi connectivity index (χ2n) is 5.14. The number of hydrogen-bond donors (Lipinski definition) is 0. The summed E-state index contributed by atoms with van der Waals surface area (Å²) >= 11 is 2.21. The fraction of sp³-hybridized carbons (Fsp3) is 0.471. The Bertz CT molecular complexity index is 661. The summed E-state index contributed by atoms with van der Waals surface area (Å²) in [7, 11) is 0. The Kier molecular flexibility index (Phi) is 6.08. The number of rotatable bonds is 7. The van der Waals surface area contributed by atoms with Crippen molar-refractivity contribution in [2.45, 2.75) is 46.0 Å². The predicted octanol–water partition coefficient (Wildman–Crippen LogP) is 4.92. The van der Waals surface area contributed by atoms with Gasteiger partial charge in [0.2, 0.25) is 0 Å². The number of halogens is 1. The van der Waals surface area contributed by atoms with Crippen LogP contribution >= 0.6 is 22.6 Å². The van der Waals surface area contributed by atoms with Crippen LogP contribution in [-0.4, -0.2) is 6.61 Å². The molecule has 114 valence electrons. The molecule has 0 fully saturated rings. The number of fused-ring (bicyclic) bond motifs is 1. The third-order valence-electron chi connectivity index (χ3n) is 3.39. The second kappa shape index (κ2) is 7.82. The lowest BCUT2D eigenvalue weighted by atomic mass is 10.1. The maximum Gasteiger partial charge on any atom is 0.292 e. The molecule has 1 aromatic carbocycles. The first kappa shape index (κ1) is 16.3. The van der Waals surface area contributed by atoms with Crippen LogP contribution in [0.2, 0.25) is 0 Å². The van der Waals surface area contributed by atoms with E-state index in [1.807, 2.05) is 18.2 Å². The molecule has 0 atom stereocenters. The van der Waals surface area contributed by atoms with Gasteiger partial charge in [0.1, 0.15) is 5.58 Å². The Morgan fingerprint density at radius 1 is 1.19 bits per heavy atom. The summed E-state index contributed by atoms with van der Waals surface area (Å²) < 4.78 is 12.6. The lowest BCUT2D eigenvalue weighted by molar-refractivity contribution is 0.235. The largest absolute Gasteiger partial charge is 0.465 e. The van der Waals surface area contributed by atoms with E-state index in [0.29, 0.717) is 35.5 Å². The number of ether oxygens (including phenoxy) is 1. The smallest absolute Gasteiger partial charge is 0.292 e. The van der Waals surface area contributed by atoms with Gasteiger partial charge >= 0.3 is 0 Å². The normalized spacial score (nSPS) is 11.0. The lowest BCUT2D eigenvalue weighted by Gasteiger charge is -2.10. The van der Waals surface area contributed by atoms with Gasteiger partial charge in [0.15, 0.2) is 5.43 Å². The van der Waals surface area contributed by atoms with E-state index in [4.69, 9.17) is 9.15 Å². The summed E-state index contributed by atoms with van der Waals surface area (Å²) in [4.78, 5) is 12.6. The van der Waals surface area contributed by atoms with Gasteiger partial charge in [-0.3, -0.25) is 4.79 Å². The second-order valence-corrected chi connectivity index (χ2v) is 6.39. The van der Waals surface area contributed by atoms with E-state index in [1.165, 1.54) is 0 Å². The molecule has 0 saturated heterocycles. The molecule has 0 bridgehead atoms. The average Bonchev–Trinajstić information content (AvgIpc) is 2.48. The molecule has 0 unspecified atom stereocenters. The quantitative estimate of drug-likeness (QED) is 0.489. The van der Waals surface area contributed by atoms with Crippen molar-refractivity contribution in [1.82, 2.24) is 0 Å². The molecule has 4 heteroatoms. The van der Waals surface area contributed by atoms with Crippen LogP contribution in [-0.2, 0) is 6.42 Å². The maximum absolute atomic E-state index is 12.6. The first-order valence-electron chi connectivity index (χ1n) is 7.55. The molecule has 0 saturated carbocycles. The first-order valence-corrected chi connectivity index (χ1v) is 8.63. The van der Waals surface area contributed by atoms with Crippen molar-refractivity contribution in [1.29, 1.82) is 0 Å². The molecule has 1 heterocycles. The fourth-order valence-corrected chi connectivity index (χ4v) is 2.78. The van der Waals surface area contributed by atoms with Crippen LogP contribution in [0, 0.1) is 3.57 Å². The van der Waals surface area contributed by atoms with E-state index in [1.54, 1.807) is 0 Å². The van der Waals surface area contributed by atoms with E-state index >= 15 is 0 Å². The summed E-state index contributed by atoms with van der Waals surface area (Å²) in [6.07, 6.45) is 4.83. The lowest BCUT2D eigenvalue weighted by Crippen LogP contribution is -2.12. The third kappa shape index (κ3) is 3.99. The van der Waals surface area contributed by atoms with E-state index < -0.39 is 0 Å². The highest BCUT2D eigenvalue weighted by Crippen LogP contribution is 2.24. The van der Waals surface area contributed by atoms with E-state index in [0.717, 1.165) is 29.3 Å². The zero-order valence-electron chi connectivity index (χ0n) is 12.6. The minimum absolute atomic E-state index is 0.0436. The highest BCUT2D eigenvalue weighted by atomic mass is 127. The van der Waals surface area contributed by atoms with E-state index in [9.17, 15) is 4.79 Å². The highest BCUT2D eigenvalue weighted by Gasteiger charge is 2.15. The summed E-state index contributed by atoms with van der Waals surface area (Å²) in [6, 6.07) is 5.65. The van der Waals surface area contributed by atoms with Gasteiger partial charge in [0.05, 0.1) is 17.6 Å². The van der Waals surface area contributed by atoms with Gasteiger partial charge in [-0.1, -0.05) is 33.1 Å². The van der Waals surface area contributed by atoms with Crippen LogP contribution in [0.4, 0.5) is 0 Å². The molecular formula is C17H21IO3. The minimum atomic E-state index is 0.0436. The van der Waals surface area contributed by atoms with E-state index in [-0.39, 0.29) is 5.43 Å². The van der Waals surface area contributed by atoms with Gasteiger partial charge in [0.25, 0.3) is 5.95 Å². The molecule has 1 aromatic heterocycles. The summed E-state index contributed by atoms with van der Waals surface area (Å²) in [6.45, 7) is 4.81.